The third-order valence-electron chi connectivity index (χ3n) is 4.95. The lowest BCUT2D eigenvalue weighted by atomic mass is 10.0. The first-order valence-corrected chi connectivity index (χ1v) is 9.57. The summed E-state index contributed by atoms with van der Waals surface area (Å²) < 4.78 is 1.73. The Bertz CT molecular complexity index is 1030. The Kier molecular flexibility index (Phi) is 5.33. The maximum absolute atomic E-state index is 12.6. The molecule has 1 saturated heterocycles. The van der Waals surface area contributed by atoms with Crippen LogP contribution in [0.2, 0.25) is 0 Å². The van der Waals surface area contributed by atoms with Crippen molar-refractivity contribution < 1.29 is 4.79 Å². The Balaban J connectivity index is 1.44. The maximum Gasteiger partial charge on any atom is 0.246 e. The Hall–Kier alpha value is -3.55. The molecule has 1 unspecified atom stereocenters. The van der Waals surface area contributed by atoms with Crippen molar-refractivity contribution in [2.45, 2.75) is 19.3 Å². The van der Waals surface area contributed by atoms with Crippen molar-refractivity contribution in [3.8, 4) is 0 Å². The van der Waals surface area contributed by atoms with Crippen LogP contribution in [0.4, 0.5) is 11.6 Å². The first kappa shape index (κ1) is 18.8. The molecule has 1 atom stereocenters. The molecule has 0 bridgehead atoms. The lowest BCUT2D eigenvalue weighted by molar-refractivity contribution is -0.124. The summed E-state index contributed by atoms with van der Waals surface area (Å²) in [6.07, 6.45) is 7.73. The van der Waals surface area contributed by atoms with Crippen LogP contribution in [0.1, 0.15) is 29.6 Å². The number of anilines is 2. The minimum atomic E-state index is 0.00584. The summed E-state index contributed by atoms with van der Waals surface area (Å²) in [4.78, 5) is 27.8. The highest BCUT2D eigenvalue weighted by atomic mass is 16.2. The lowest BCUT2D eigenvalue weighted by Crippen LogP contribution is -2.26. The van der Waals surface area contributed by atoms with Crippen LogP contribution in [0.15, 0.2) is 48.8 Å². The van der Waals surface area contributed by atoms with Crippen LogP contribution in [-0.2, 0) is 11.8 Å². The number of pyridine rings is 1. The van der Waals surface area contributed by atoms with Gasteiger partial charge in [-0.15, -0.1) is 0 Å². The molecule has 8 heteroatoms. The van der Waals surface area contributed by atoms with Gasteiger partial charge in [-0.1, -0.05) is 6.07 Å². The molecule has 1 N–H and O–H groups in total. The lowest BCUT2D eigenvalue weighted by Gasteiger charge is -2.15. The number of aromatic nitrogens is 5. The molecule has 0 radical (unpaired) electrons. The second kappa shape index (κ2) is 8.22. The van der Waals surface area contributed by atoms with Gasteiger partial charge in [0.25, 0.3) is 0 Å². The van der Waals surface area contributed by atoms with Crippen molar-refractivity contribution in [1.29, 1.82) is 0 Å². The van der Waals surface area contributed by atoms with Crippen LogP contribution < -0.4 is 5.32 Å². The summed E-state index contributed by atoms with van der Waals surface area (Å²) in [6, 6.07) is 9.50. The molecule has 0 saturated carbocycles. The third kappa shape index (κ3) is 4.48. The van der Waals surface area contributed by atoms with Crippen molar-refractivity contribution in [2.24, 2.45) is 7.05 Å². The van der Waals surface area contributed by atoms with Gasteiger partial charge < -0.3 is 10.2 Å². The summed E-state index contributed by atoms with van der Waals surface area (Å²) in [6.45, 7) is 3.24. The molecule has 3 aromatic heterocycles. The van der Waals surface area contributed by atoms with Crippen LogP contribution >= 0.6 is 0 Å². The normalized spacial score (nSPS) is 16.5. The molecule has 0 aliphatic carbocycles. The molecule has 3 aromatic rings. The Morgan fingerprint density at radius 1 is 1.21 bits per heavy atom. The van der Waals surface area contributed by atoms with Crippen LogP contribution in [0.3, 0.4) is 0 Å². The molecule has 1 aliphatic heterocycles. The summed E-state index contributed by atoms with van der Waals surface area (Å²) in [5, 5.41) is 7.33. The Morgan fingerprint density at radius 3 is 2.86 bits per heavy atom. The number of hydrogen-bond acceptors (Lipinski definition) is 6. The zero-order chi connectivity index (χ0) is 20.2. The smallest absolute Gasteiger partial charge is 0.246 e. The molecule has 0 spiro atoms. The molecule has 148 valence electrons. The van der Waals surface area contributed by atoms with E-state index >= 15 is 0 Å². The number of carbonyl (C=O) groups excluding carboxylic acids is 1. The third-order valence-corrected chi connectivity index (χ3v) is 4.95. The first-order chi connectivity index (χ1) is 14.1. The second-order valence-corrected chi connectivity index (χ2v) is 7.05. The van der Waals surface area contributed by atoms with Gasteiger partial charge in [0.15, 0.2) is 0 Å². The monoisotopic (exact) mass is 389 g/mol. The van der Waals surface area contributed by atoms with Crippen LogP contribution in [0.5, 0.6) is 0 Å². The van der Waals surface area contributed by atoms with Crippen molar-refractivity contribution in [3.05, 3.63) is 66.0 Å². The fourth-order valence-electron chi connectivity index (χ4n) is 3.44. The summed E-state index contributed by atoms with van der Waals surface area (Å²) in [5.41, 5.74) is 1.84. The number of rotatable bonds is 5. The molecule has 29 heavy (non-hydrogen) atoms. The predicted octanol–water partition coefficient (Wildman–Crippen LogP) is 2.69. The van der Waals surface area contributed by atoms with E-state index in [4.69, 9.17) is 0 Å². The molecule has 0 aromatic carbocycles. The summed E-state index contributed by atoms with van der Waals surface area (Å²) >= 11 is 0. The molecule has 1 amide bonds. The van der Waals surface area contributed by atoms with E-state index in [1.165, 1.54) is 0 Å². The van der Waals surface area contributed by atoms with Gasteiger partial charge in [0.1, 0.15) is 17.5 Å². The van der Waals surface area contributed by atoms with Gasteiger partial charge in [0.05, 0.1) is 11.4 Å². The fraction of sp³-hybridized carbons (Fsp3) is 0.286. The Labute approximate surface area is 169 Å². The number of amides is 1. The van der Waals surface area contributed by atoms with Crippen molar-refractivity contribution in [3.63, 3.8) is 0 Å². The molecular formula is C21H23N7O. The highest BCUT2D eigenvalue weighted by molar-refractivity contribution is 5.91. The van der Waals surface area contributed by atoms with E-state index in [1.807, 2.05) is 49.2 Å². The van der Waals surface area contributed by atoms with E-state index < -0.39 is 0 Å². The van der Waals surface area contributed by atoms with Crippen LogP contribution in [0.25, 0.3) is 6.08 Å². The van der Waals surface area contributed by atoms with Gasteiger partial charge in [0, 0.05) is 50.6 Å². The van der Waals surface area contributed by atoms with E-state index in [9.17, 15) is 4.79 Å². The molecule has 1 aliphatic rings. The standard InChI is InChI=1S/C21H23N7O/c1-15-24-18(13-20(25-15)26-19-5-3-4-10-22-19)16-9-12-28(14-16)21(29)7-6-17-8-11-23-27(17)2/h3-8,10-11,13,16H,9,12,14H2,1-2H3,(H,22,24,25,26)/b7-6+. The van der Waals surface area contributed by atoms with Crippen LogP contribution in [0, 0.1) is 6.92 Å². The van der Waals surface area contributed by atoms with E-state index in [0.717, 1.165) is 23.6 Å². The van der Waals surface area contributed by atoms with Crippen molar-refractivity contribution in [2.75, 3.05) is 18.4 Å². The van der Waals surface area contributed by atoms with Gasteiger partial charge in [-0.3, -0.25) is 9.48 Å². The molecular weight excluding hydrogens is 366 g/mol. The van der Waals surface area contributed by atoms with Crippen molar-refractivity contribution in [1.82, 2.24) is 29.6 Å². The topological polar surface area (TPSA) is 88.8 Å². The Morgan fingerprint density at radius 2 is 2.10 bits per heavy atom. The van der Waals surface area contributed by atoms with Gasteiger partial charge in [-0.25, -0.2) is 15.0 Å². The number of carbonyl (C=O) groups is 1. The van der Waals surface area contributed by atoms with E-state index in [-0.39, 0.29) is 11.8 Å². The number of aryl methyl sites for hydroxylation is 2. The molecule has 8 nitrogen and oxygen atoms in total. The average Bonchev–Trinajstić information content (AvgIpc) is 3.36. The first-order valence-electron chi connectivity index (χ1n) is 9.57. The van der Waals surface area contributed by atoms with E-state index in [2.05, 4.69) is 25.4 Å². The quantitative estimate of drug-likeness (QED) is 0.675. The van der Waals surface area contributed by atoms with Gasteiger partial charge in [-0.05, 0) is 37.6 Å². The SMILES string of the molecule is Cc1nc(Nc2ccccn2)cc(C2CCN(C(=O)/C=C/c3ccnn3C)C2)n1. The fourth-order valence-corrected chi connectivity index (χ4v) is 3.44. The van der Waals surface area contributed by atoms with Crippen molar-refractivity contribution >= 4 is 23.6 Å². The molecule has 4 heterocycles. The minimum Gasteiger partial charge on any atom is -0.338 e. The zero-order valence-electron chi connectivity index (χ0n) is 16.5. The number of likely N-dealkylation sites (tertiary alicyclic amines) is 1. The average molecular weight is 389 g/mol. The van der Waals surface area contributed by atoms with Gasteiger partial charge in [-0.2, -0.15) is 5.10 Å². The second-order valence-electron chi connectivity index (χ2n) is 7.05. The largest absolute Gasteiger partial charge is 0.338 e. The minimum absolute atomic E-state index is 0.00584. The number of hydrogen-bond donors (Lipinski definition) is 1. The highest BCUT2D eigenvalue weighted by Crippen LogP contribution is 2.28. The van der Waals surface area contributed by atoms with Gasteiger partial charge in [0.2, 0.25) is 5.91 Å². The highest BCUT2D eigenvalue weighted by Gasteiger charge is 2.27. The van der Waals surface area contributed by atoms with E-state index in [1.54, 1.807) is 29.2 Å². The summed E-state index contributed by atoms with van der Waals surface area (Å²) in [7, 11) is 1.85. The molecule has 1 fully saturated rings. The summed E-state index contributed by atoms with van der Waals surface area (Å²) in [5.74, 6) is 2.34. The van der Waals surface area contributed by atoms with Crippen LogP contribution in [-0.4, -0.2) is 48.6 Å². The van der Waals surface area contributed by atoms with Gasteiger partial charge >= 0.3 is 0 Å². The van der Waals surface area contributed by atoms with E-state index in [0.29, 0.717) is 24.7 Å². The zero-order valence-corrected chi connectivity index (χ0v) is 16.5. The number of nitrogens with zero attached hydrogens (tertiary/aromatic N) is 6. The number of nitrogens with one attached hydrogen (secondary N) is 1. The molecule has 4 rings (SSSR count). The predicted molar refractivity (Wildman–Crippen MR) is 110 cm³/mol. The maximum atomic E-state index is 12.6.